The molecule has 1 aromatic heterocycles. The summed E-state index contributed by atoms with van der Waals surface area (Å²) >= 11 is 0. The summed E-state index contributed by atoms with van der Waals surface area (Å²) < 4.78 is 40.6. The lowest BCUT2D eigenvalue weighted by Crippen LogP contribution is -2.52. The van der Waals surface area contributed by atoms with E-state index in [4.69, 9.17) is 4.74 Å². The number of hydrogen-bond donors (Lipinski definition) is 2. The topological polar surface area (TPSA) is 111 Å². The van der Waals surface area contributed by atoms with Crippen molar-refractivity contribution in [2.24, 2.45) is 0 Å². The Morgan fingerprint density at radius 3 is 1.89 bits per heavy atom. The second kappa shape index (κ2) is 11.3. The van der Waals surface area contributed by atoms with Crippen LogP contribution >= 0.6 is 0 Å². The van der Waals surface area contributed by atoms with E-state index in [0.29, 0.717) is 16.9 Å². The van der Waals surface area contributed by atoms with Crippen LogP contribution in [-0.2, 0) is 28.9 Å². The Bertz CT molecular complexity index is 2040. The summed E-state index contributed by atoms with van der Waals surface area (Å²) in [7, 11) is -4.26. The van der Waals surface area contributed by atoms with Crippen LogP contribution in [0, 0.1) is 11.8 Å². The molecular weight excluding hydrogens is 586 g/mol. The number of aliphatic hydroxyl groups excluding tert-OH is 2. The number of aliphatic hydroxyl groups is 2. The molecule has 0 amide bonds. The average molecular weight is 616 g/mol. The SMILES string of the molecule is O=S(=O)([O-])CCCOc1ccc(-c2cc3[n+]4c(c2)-c2ccccc2C4(C#Cc2cc(CO)cc(CO)c2)c2ccccc2-3)cc1. The van der Waals surface area contributed by atoms with E-state index in [9.17, 15) is 23.2 Å². The number of rotatable bonds is 8. The van der Waals surface area contributed by atoms with Gasteiger partial charge in [0.1, 0.15) is 5.75 Å². The van der Waals surface area contributed by atoms with Crippen LogP contribution < -0.4 is 9.30 Å². The molecule has 4 aromatic carbocycles. The summed E-state index contributed by atoms with van der Waals surface area (Å²) in [6, 6.07) is 34.2. The van der Waals surface area contributed by atoms with E-state index in [1.54, 1.807) is 6.07 Å². The van der Waals surface area contributed by atoms with Gasteiger partial charge in [-0.25, -0.2) is 8.42 Å². The number of ether oxygens (including phenoxy) is 1. The predicted molar refractivity (Wildman–Crippen MR) is 169 cm³/mol. The molecule has 0 saturated heterocycles. The maximum absolute atomic E-state index is 10.9. The number of pyridine rings is 1. The summed E-state index contributed by atoms with van der Waals surface area (Å²) in [5.74, 6) is 7.22. The molecule has 224 valence electrons. The average Bonchev–Trinajstić information content (AvgIpc) is 3.51. The van der Waals surface area contributed by atoms with E-state index >= 15 is 0 Å². The van der Waals surface area contributed by atoms with Crippen LogP contribution in [-0.4, -0.2) is 35.5 Å². The third kappa shape index (κ3) is 5.10. The Hall–Kier alpha value is -4.78. The zero-order chi connectivity index (χ0) is 31.2. The highest BCUT2D eigenvalue weighted by Gasteiger charge is 2.59. The summed E-state index contributed by atoms with van der Waals surface area (Å²) in [6.45, 7) is -0.131. The van der Waals surface area contributed by atoms with Gasteiger partial charge in [0.25, 0.3) is 5.54 Å². The van der Waals surface area contributed by atoms with Crippen molar-refractivity contribution in [1.82, 2.24) is 0 Å². The molecule has 2 aliphatic heterocycles. The molecule has 0 fully saturated rings. The fourth-order valence-corrected chi connectivity index (χ4v) is 6.96. The Kier molecular flexibility index (Phi) is 7.27. The Morgan fingerprint density at radius 2 is 1.33 bits per heavy atom. The minimum absolute atomic E-state index is 0.136. The van der Waals surface area contributed by atoms with Gasteiger partial charge in [0, 0.05) is 23.4 Å². The lowest BCUT2D eigenvalue weighted by atomic mass is 9.82. The largest absolute Gasteiger partial charge is 0.748 e. The maximum Gasteiger partial charge on any atom is 0.282 e. The molecule has 0 bridgehead atoms. The van der Waals surface area contributed by atoms with Crippen molar-refractivity contribution in [2.75, 3.05) is 12.4 Å². The lowest BCUT2D eigenvalue weighted by Gasteiger charge is -2.16. The zero-order valence-corrected chi connectivity index (χ0v) is 25.0. The summed E-state index contributed by atoms with van der Waals surface area (Å²) in [6.07, 6.45) is 0.137. The van der Waals surface area contributed by atoms with Crippen LogP contribution in [0.4, 0.5) is 0 Å². The van der Waals surface area contributed by atoms with Crippen LogP contribution in [0.15, 0.2) is 103 Å². The number of nitrogens with zero attached hydrogens (tertiary/aromatic N) is 1. The third-order valence-corrected chi connectivity index (χ3v) is 9.18. The Balaban J connectivity index is 1.34. The Labute approximate surface area is 261 Å². The van der Waals surface area contributed by atoms with E-state index < -0.39 is 21.4 Å². The van der Waals surface area contributed by atoms with E-state index in [-0.39, 0.29) is 26.2 Å². The van der Waals surface area contributed by atoms with E-state index in [2.05, 4.69) is 52.8 Å². The maximum atomic E-state index is 10.9. The van der Waals surface area contributed by atoms with Gasteiger partial charge in [-0.15, -0.1) is 0 Å². The van der Waals surface area contributed by atoms with Crippen LogP contribution in [0.2, 0.25) is 0 Å². The molecule has 7 nitrogen and oxygen atoms in total. The van der Waals surface area contributed by atoms with Crippen molar-refractivity contribution < 1.29 is 32.5 Å². The first kappa shape index (κ1) is 29.0. The van der Waals surface area contributed by atoms with Crippen LogP contribution in [0.1, 0.15) is 34.2 Å². The normalized spacial score (nSPS) is 13.4. The minimum atomic E-state index is -4.26. The van der Waals surface area contributed by atoms with Crippen LogP contribution in [0.3, 0.4) is 0 Å². The van der Waals surface area contributed by atoms with Gasteiger partial charge in [-0.3, -0.25) is 0 Å². The smallest absolute Gasteiger partial charge is 0.282 e. The van der Waals surface area contributed by atoms with E-state index in [0.717, 1.165) is 50.3 Å². The van der Waals surface area contributed by atoms with Gasteiger partial charge in [-0.05, 0) is 83.1 Å². The number of benzene rings is 4. The molecule has 2 aliphatic rings. The zero-order valence-electron chi connectivity index (χ0n) is 24.2. The van der Waals surface area contributed by atoms with E-state index in [1.165, 1.54) is 0 Å². The molecule has 7 rings (SSSR count). The first-order valence-corrected chi connectivity index (χ1v) is 16.2. The van der Waals surface area contributed by atoms with Crippen molar-refractivity contribution in [1.29, 1.82) is 0 Å². The molecular formula is C37H29NO6S. The first-order valence-electron chi connectivity index (χ1n) is 14.7. The van der Waals surface area contributed by atoms with Gasteiger partial charge in [-0.1, -0.05) is 48.4 Å². The molecule has 0 radical (unpaired) electrons. The minimum Gasteiger partial charge on any atom is -0.748 e. The monoisotopic (exact) mass is 615 g/mol. The highest BCUT2D eigenvalue weighted by Crippen LogP contribution is 2.50. The standard InChI is InChI=1S/C37H29NO6S/c39-23-26-18-25(19-27(20-26)24-40)14-15-37-33-8-3-1-6-31(33)35-21-29(22-36(38(35)37)32-7-2-4-9-34(32)37)28-10-12-30(13-11-28)44-16-5-17-45(41,42)43/h1-4,6-13,18-22,39-40H,5,16-17,23-24H2. The van der Waals surface area contributed by atoms with Gasteiger partial charge in [0.05, 0.1) is 52.2 Å². The number of aromatic nitrogens is 1. The van der Waals surface area contributed by atoms with Crippen molar-refractivity contribution >= 4 is 10.1 Å². The van der Waals surface area contributed by atoms with Crippen LogP contribution in [0.5, 0.6) is 5.75 Å². The Morgan fingerprint density at radius 1 is 0.756 bits per heavy atom. The van der Waals surface area contributed by atoms with Gasteiger partial charge in [0.2, 0.25) is 11.4 Å². The van der Waals surface area contributed by atoms with Gasteiger partial charge in [0.15, 0.2) is 0 Å². The molecule has 45 heavy (non-hydrogen) atoms. The van der Waals surface area contributed by atoms with Crippen molar-refractivity contribution in [3.63, 3.8) is 0 Å². The van der Waals surface area contributed by atoms with Gasteiger partial charge >= 0.3 is 0 Å². The van der Waals surface area contributed by atoms with Crippen molar-refractivity contribution in [2.45, 2.75) is 25.2 Å². The molecule has 0 aliphatic carbocycles. The fourth-order valence-electron chi connectivity index (χ4n) is 6.49. The quantitative estimate of drug-likeness (QED) is 0.113. The van der Waals surface area contributed by atoms with Gasteiger partial charge in [-0.2, -0.15) is 4.57 Å². The highest BCUT2D eigenvalue weighted by molar-refractivity contribution is 7.85. The third-order valence-electron chi connectivity index (χ3n) is 8.39. The summed E-state index contributed by atoms with van der Waals surface area (Å²) in [5.41, 5.74) is 9.84. The van der Waals surface area contributed by atoms with Crippen LogP contribution in [0.25, 0.3) is 33.6 Å². The molecule has 0 spiro atoms. The molecule has 0 atom stereocenters. The fraction of sp³-hybridized carbons (Fsp3) is 0.162. The molecule has 2 N–H and O–H groups in total. The second-order valence-corrected chi connectivity index (χ2v) is 12.8. The van der Waals surface area contributed by atoms with Crippen molar-refractivity contribution in [3.05, 3.63) is 131 Å². The lowest BCUT2D eigenvalue weighted by molar-refractivity contribution is -0.697. The van der Waals surface area contributed by atoms with Crippen molar-refractivity contribution in [3.8, 4) is 51.2 Å². The van der Waals surface area contributed by atoms with Gasteiger partial charge < -0.3 is 19.5 Å². The number of hydrogen-bond acceptors (Lipinski definition) is 6. The van der Waals surface area contributed by atoms with E-state index in [1.807, 2.05) is 60.7 Å². The first-order chi connectivity index (χ1) is 21.8. The summed E-state index contributed by atoms with van der Waals surface area (Å²) in [4.78, 5) is 0. The number of fused-ring (bicyclic) bond motifs is 6. The molecule has 0 saturated carbocycles. The molecule has 8 heteroatoms. The molecule has 5 aromatic rings. The second-order valence-electron chi connectivity index (χ2n) is 11.2. The molecule has 0 unspecified atom stereocenters. The summed E-state index contributed by atoms with van der Waals surface area (Å²) in [5, 5.41) is 19.6. The molecule has 3 heterocycles. The highest BCUT2D eigenvalue weighted by atomic mass is 32.2. The predicted octanol–water partition coefficient (Wildman–Crippen LogP) is 4.74.